The molecule has 0 bridgehead atoms. The molecule has 1 aliphatic rings. The molecule has 2 aromatic carbocycles. The van der Waals surface area contributed by atoms with Gasteiger partial charge in [0.25, 0.3) is 5.91 Å². The van der Waals surface area contributed by atoms with Crippen molar-refractivity contribution < 1.29 is 14.4 Å². The van der Waals surface area contributed by atoms with E-state index >= 15 is 0 Å². The molecule has 3 amide bonds. The molecule has 3 N–H and O–H groups in total. The standard InChI is InChI=1S/C26H34N4O3/c1-30(2)25(32)15-14-19-8-6-13-23(16-19)28-24(31)18-27-22-12-7-9-20(17-22)26(33)29-21-10-4-3-5-11-21/h6-9,12-13,16-17,21,27H,3-5,10-11,14-15,18H2,1-2H3,(H,28,31)(H,29,33). The molecule has 0 heterocycles. The summed E-state index contributed by atoms with van der Waals surface area (Å²) in [5.74, 6) is -0.184. The number of hydrogen-bond acceptors (Lipinski definition) is 4. The molecule has 0 spiro atoms. The number of carbonyl (C=O) groups excluding carboxylic acids is 3. The number of benzene rings is 2. The normalized spacial score (nSPS) is 13.8. The zero-order valence-corrected chi connectivity index (χ0v) is 19.5. The second kappa shape index (κ2) is 12.0. The fraction of sp³-hybridized carbons (Fsp3) is 0.423. The molecule has 0 radical (unpaired) electrons. The van der Waals surface area contributed by atoms with Crippen molar-refractivity contribution in [2.45, 2.75) is 51.0 Å². The fourth-order valence-electron chi connectivity index (χ4n) is 3.95. The van der Waals surface area contributed by atoms with Gasteiger partial charge in [0, 0.05) is 43.5 Å². The number of nitrogens with zero attached hydrogens (tertiary/aromatic N) is 1. The summed E-state index contributed by atoms with van der Waals surface area (Å²) >= 11 is 0. The Morgan fingerprint density at radius 2 is 1.67 bits per heavy atom. The first-order valence-electron chi connectivity index (χ1n) is 11.6. The van der Waals surface area contributed by atoms with Gasteiger partial charge in [-0.25, -0.2) is 0 Å². The zero-order chi connectivity index (χ0) is 23.6. The summed E-state index contributed by atoms with van der Waals surface area (Å²) in [6.07, 6.45) is 6.70. The van der Waals surface area contributed by atoms with Crippen molar-refractivity contribution >= 4 is 29.1 Å². The van der Waals surface area contributed by atoms with Gasteiger partial charge in [0.2, 0.25) is 11.8 Å². The van der Waals surface area contributed by atoms with E-state index < -0.39 is 0 Å². The van der Waals surface area contributed by atoms with E-state index in [1.807, 2.05) is 36.4 Å². The maximum absolute atomic E-state index is 12.6. The summed E-state index contributed by atoms with van der Waals surface area (Å²) in [6.45, 7) is 0.0804. The Hall–Kier alpha value is -3.35. The SMILES string of the molecule is CN(C)C(=O)CCc1cccc(NC(=O)CNc2cccc(C(=O)NC3CCCCC3)c2)c1. The van der Waals surface area contributed by atoms with Crippen LogP contribution in [0, 0.1) is 0 Å². The Balaban J connectivity index is 1.48. The van der Waals surface area contributed by atoms with Crippen LogP contribution in [0.1, 0.15) is 54.4 Å². The van der Waals surface area contributed by atoms with Crippen LogP contribution >= 0.6 is 0 Å². The Morgan fingerprint density at radius 1 is 0.939 bits per heavy atom. The molecule has 1 saturated carbocycles. The van der Waals surface area contributed by atoms with E-state index in [0.717, 1.165) is 24.1 Å². The second-order valence-corrected chi connectivity index (χ2v) is 8.78. The lowest BCUT2D eigenvalue weighted by Gasteiger charge is -2.22. The lowest BCUT2D eigenvalue weighted by Crippen LogP contribution is -2.36. The number of hydrogen-bond donors (Lipinski definition) is 3. The van der Waals surface area contributed by atoms with Crippen molar-refractivity contribution in [1.82, 2.24) is 10.2 Å². The molecular formula is C26H34N4O3. The topological polar surface area (TPSA) is 90.5 Å². The minimum atomic E-state index is -0.187. The van der Waals surface area contributed by atoms with Gasteiger partial charge in [0.1, 0.15) is 0 Å². The molecule has 7 heteroatoms. The highest BCUT2D eigenvalue weighted by molar-refractivity contribution is 5.96. The van der Waals surface area contributed by atoms with Crippen LogP contribution in [0.4, 0.5) is 11.4 Å². The summed E-state index contributed by atoms with van der Waals surface area (Å²) in [5.41, 5.74) is 2.99. The molecule has 176 valence electrons. The summed E-state index contributed by atoms with van der Waals surface area (Å²) in [7, 11) is 3.48. The number of aryl methyl sites for hydroxylation is 1. The van der Waals surface area contributed by atoms with Gasteiger partial charge in [-0.1, -0.05) is 37.5 Å². The lowest BCUT2D eigenvalue weighted by molar-refractivity contribution is -0.128. The molecule has 7 nitrogen and oxygen atoms in total. The minimum absolute atomic E-state index is 0.0698. The number of anilines is 2. The van der Waals surface area contributed by atoms with E-state index in [9.17, 15) is 14.4 Å². The maximum atomic E-state index is 12.6. The quantitative estimate of drug-likeness (QED) is 0.542. The van der Waals surface area contributed by atoms with E-state index in [0.29, 0.717) is 24.1 Å². The highest BCUT2D eigenvalue weighted by Crippen LogP contribution is 2.18. The van der Waals surface area contributed by atoms with Gasteiger partial charge >= 0.3 is 0 Å². The highest BCUT2D eigenvalue weighted by atomic mass is 16.2. The summed E-state index contributed by atoms with van der Waals surface area (Å²) < 4.78 is 0. The Labute approximate surface area is 195 Å². The van der Waals surface area contributed by atoms with Gasteiger partial charge in [-0.15, -0.1) is 0 Å². The van der Waals surface area contributed by atoms with Crippen molar-refractivity contribution in [3.8, 4) is 0 Å². The largest absolute Gasteiger partial charge is 0.376 e. The van der Waals surface area contributed by atoms with Crippen molar-refractivity contribution in [3.63, 3.8) is 0 Å². The first-order valence-corrected chi connectivity index (χ1v) is 11.6. The van der Waals surface area contributed by atoms with E-state index in [4.69, 9.17) is 0 Å². The lowest BCUT2D eigenvalue weighted by atomic mass is 9.95. The number of amides is 3. The van der Waals surface area contributed by atoms with Crippen molar-refractivity contribution in [2.75, 3.05) is 31.3 Å². The average Bonchev–Trinajstić information content (AvgIpc) is 2.82. The Morgan fingerprint density at radius 3 is 2.42 bits per heavy atom. The minimum Gasteiger partial charge on any atom is -0.376 e. The molecule has 0 unspecified atom stereocenters. The predicted molar refractivity (Wildman–Crippen MR) is 131 cm³/mol. The van der Waals surface area contributed by atoms with Crippen LogP contribution in [-0.2, 0) is 16.0 Å². The third kappa shape index (κ3) is 7.93. The molecule has 3 rings (SSSR count). The zero-order valence-electron chi connectivity index (χ0n) is 19.5. The van der Waals surface area contributed by atoms with Crippen LogP contribution in [0.5, 0.6) is 0 Å². The van der Waals surface area contributed by atoms with Gasteiger partial charge in [-0.3, -0.25) is 14.4 Å². The van der Waals surface area contributed by atoms with Crippen molar-refractivity contribution in [2.24, 2.45) is 0 Å². The van der Waals surface area contributed by atoms with Gasteiger partial charge in [0.05, 0.1) is 6.54 Å². The molecule has 2 aromatic rings. The van der Waals surface area contributed by atoms with Crippen LogP contribution in [0.2, 0.25) is 0 Å². The molecule has 0 aliphatic heterocycles. The van der Waals surface area contributed by atoms with Gasteiger partial charge < -0.3 is 20.9 Å². The first-order chi connectivity index (χ1) is 15.9. The number of nitrogens with one attached hydrogen (secondary N) is 3. The third-order valence-corrected chi connectivity index (χ3v) is 5.86. The smallest absolute Gasteiger partial charge is 0.251 e. The van der Waals surface area contributed by atoms with Crippen molar-refractivity contribution in [3.05, 3.63) is 59.7 Å². The van der Waals surface area contributed by atoms with Crippen LogP contribution in [0.15, 0.2) is 48.5 Å². The molecule has 0 atom stereocenters. The summed E-state index contributed by atoms with van der Waals surface area (Å²) in [5, 5.41) is 9.09. The van der Waals surface area contributed by atoms with Crippen LogP contribution in [-0.4, -0.2) is 49.3 Å². The highest BCUT2D eigenvalue weighted by Gasteiger charge is 2.17. The van der Waals surface area contributed by atoms with Crippen molar-refractivity contribution in [1.29, 1.82) is 0 Å². The molecule has 0 aromatic heterocycles. The third-order valence-electron chi connectivity index (χ3n) is 5.86. The second-order valence-electron chi connectivity index (χ2n) is 8.78. The monoisotopic (exact) mass is 450 g/mol. The molecule has 0 saturated heterocycles. The van der Waals surface area contributed by atoms with E-state index in [1.54, 1.807) is 31.1 Å². The van der Waals surface area contributed by atoms with Gasteiger partial charge in [-0.05, 0) is 55.2 Å². The number of rotatable bonds is 9. The Bertz CT molecular complexity index is 968. The predicted octanol–water partition coefficient (Wildman–Crippen LogP) is 3.82. The Kier molecular flexibility index (Phi) is 8.87. The number of carbonyl (C=O) groups is 3. The van der Waals surface area contributed by atoms with Gasteiger partial charge in [0.15, 0.2) is 0 Å². The van der Waals surface area contributed by atoms with Crippen LogP contribution in [0.3, 0.4) is 0 Å². The van der Waals surface area contributed by atoms with Crippen LogP contribution < -0.4 is 16.0 Å². The van der Waals surface area contributed by atoms with Crippen LogP contribution in [0.25, 0.3) is 0 Å². The molecular weight excluding hydrogens is 416 g/mol. The van der Waals surface area contributed by atoms with E-state index in [2.05, 4.69) is 16.0 Å². The average molecular weight is 451 g/mol. The first kappa shape index (κ1) is 24.3. The molecule has 33 heavy (non-hydrogen) atoms. The fourth-order valence-corrected chi connectivity index (χ4v) is 3.95. The van der Waals surface area contributed by atoms with E-state index in [1.165, 1.54) is 19.3 Å². The summed E-state index contributed by atoms with van der Waals surface area (Å²) in [6, 6.07) is 15.0. The molecule has 1 aliphatic carbocycles. The van der Waals surface area contributed by atoms with E-state index in [-0.39, 0.29) is 30.3 Å². The summed E-state index contributed by atoms with van der Waals surface area (Å²) in [4.78, 5) is 38.4. The molecule has 1 fully saturated rings. The van der Waals surface area contributed by atoms with Gasteiger partial charge in [-0.2, -0.15) is 0 Å². The maximum Gasteiger partial charge on any atom is 0.251 e.